The number of aromatic nitrogens is 1. The molecular weight excluding hydrogens is 399 g/mol. The third-order valence-corrected chi connectivity index (χ3v) is 4.61. The summed E-state index contributed by atoms with van der Waals surface area (Å²) in [6.45, 7) is 0.698. The van der Waals surface area contributed by atoms with Crippen molar-refractivity contribution in [2.45, 2.75) is 19.3 Å². The lowest BCUT2D eigenvalue weighted by molar-refractivity contribution is -0.117. The normalized spacial score (nSPS) is 13.0. The summed E-state index contributed by atoms with van der Waals surface area (Å²) in [7, 11) is 1.54. The minimum absolute atomic E-state index is 0. The molecule has 0 saturated carbocycles. The van der Waals surface area contributed by atoms with Gasteiger partial charge in [0.05, 0.1) is 24.9 Å². The molecule has 3 N–H and O–H groups in total. The fourth-order valence-corrected chi connectivity index (χ4v) is 3.40. The maximum atomic E-state index is 12.1. The molecule has 0 atom stereocenters. The highest BCUT2D eigenvalue weighted by Crippen LogP contribution is 2.26. The van der Waals surface area contributed by atoms with Gasteiger partial charge in [-0.1, -0.05) is 0 Å². The maximum absolute atomic E-state index is 12.1. The van der Waals surface area contributed by atoms with Gasteiger partial charge in [-0.2, -0.15) is 0 Å². The molecule has 1 aromatic carbocycles. The summed E-state index contributed by atoms with van der Waals surface area (Å²) in [5.74, 6) is 0.464. The molecule has 0 spiro atoms. The van der Waals surface area contributed by atoms with Gasteiger partial charge in [0.15, 0.2) is 5.13 Å². The molecule has 26 heavy (non-hydrogen) atoms. The molecule has 2 heterocycles. The Morgan fingerprint density at radius 1 is 1.42 bits per heavy atom. The van der Waals surface area contributed by atoms with Crippen LogP contribution < -0.4 is 20.7 Å². The van der Waals surface area contributed by atoms with Crippen molar-refractivity contribution in [1.29, 1.82) is 0 Å². The van der Waals surface area contributed by atoms with E-state index in [0.717, 1.165) is 6.42 Å². The number of carbonyl (C=O) groups is 2. The molecule has 0 aliphatic carbocycles. The molecule has 7 nitrogen and oxygen atoms in total. The molecular formula is C16H20Cl2N4O3S. The van der Waals surface area contributed by atoms with E-state index in [-0.39, 0.29) is 43.0 Å². The van der Waals surface area contributed by atoms with Gasteiger partial charge in [0.2, 0.25) is 11.8 Å². The first-order valence-corrected chi connectivity index (χ1v) is 8.43. The van der Waals surface area contributed by atoms with Gasteiger partial charge in [-0.05, 0) is 24.6 Å². The summed E-state index contributed by atoms with van der Waals surface area (Å²) in [6, 6.07) is 5.07. The number of benzene rings is 1. The monoisotopic (exact) mass is 418 g/mol. The maximum Gasteiger partial charge on any atom is 0.230 e. The number of ether oxygens (including phenoxy) is 1. The van der Waals surface area contributed by atoms with Crippen LogP contribution in [0.4, 0.5) is 16.5 Å². The van der Waals surface area contributed by atoms with Crippen LogP contribution in [0, 0.1) is 0 Å². The van der Waals surface area contributed by atoms with Crippen molar-refractivity contribution in [3.8, 4) is 5.75 Å². The summed E-state index contributed by atoms with van der Waals surface area (Å²) >= 11 is 1.38. The second kappa shape index (κ2) is 9.61. The standard InChI is InChI=1S/C16H18N4O3S.2ClH/c1-23-13-5-4-10(7-12(13)17)18-14(21)8-11-9-24-16(19-11)20-6-2-3-15(20)22;;/h4-5,7,9H,2-3,6,8,17H2,1H3,(H,18,21);2*1H. The molecule has 1 aromatic heterocycles. The fraction of sp³-hybridized carbons (Fsp3) is 0.312. The van der Waals surface area contributed by atoms with E-state index in [9.17, 15) is 9.59 Å². The van der Waals surface area contributed by atoms with E-state index in [4.69, 9.17) is 10.5 Å². The Hall–Kier alpha value is -2.03. The first kappa shape index (κ1) is 22.0. The van der Waals surface area contributed by atoms with Crippen molar-refractivity contribution in [3.63, 3.8) is 0 Å². The molecule has 0 bridgehead atoms. The van der Waals surface area contributed by atoms with E-state index < -0.39 is 0 Å². The Morgan fingerprint density at radius 2 is 2.19 bits per heavy atom. The molecule has 1 saturated heterocycles. The van der Waals surface area contributed by atoms with Crippen molar-refractivity contribution in [3.05, 3.63) is 29.3 Å². The quantitative estimate of drug-likeness (QED) is 0.727. The van der Waals surface area contributed by atoms with E-state index in [1.807, 2.05) is 5.38 Å². The Bertz CT molecular complexity index is 785. The lowest BCUT2D eigenvalue weighted by Gasteiger charge is -2.10. The number of thiazole rings is 1. The smallest absolute Gasteiger partial charge is 0.230 e. The minimum Gasteiger partial charge on any atom is -0.495 e. The van der Waals surface area contributed by atoms with Gasteiger partial charge in [-0.25, -0.2) is 4.98 Å². The molecule has 142 valence electrons. The molecule has 10 heteroatoms. The van der Waals surface area contributed by atoms with Crippen molar-refractivity contribution < 1.29 is 14.3 Å². The van der Waals surface area contributed by atoms with E-state index >= 15 is 0 Å². The van der Waals surface area contributed by atoms with Gasteiger partial charge in [-0.3, -0.25) is 14.5 Å². The average Bonchev–Trinajstić information content (AvgIpc) is 3.16. The molecule has 1 aliphatic heterocycles. The molecule has 3 rings (SSSR count). The second-order valence-corrected chi connectivity index (χ2v) is 6.29. The first-order chi connectivity index (χ1) is 11.6. The van der Waals surface area contributed by atoms with Gasteiger partial charge in [-0.15, -0.1) is 36.2 Å². The number of nitrogens with zero attached hydrogens (tertiary/aromatic N) is 2. The zero-order chi connectivity index (χ0) is 17.1. The lowest BCUT2D eigenvalue weighted by atomic mass is 10.2. The van der Waals surface area contributed by atoms with Crippen LogP contribution in [0.15, 0.2) is 23.6 Å². The molecule has 0 radical (unpaired) electrons. The topological polar surface area (TPSA) is 97.5 Å². The fourth-order valence-electron chi connectivity index (χ4n) is 2.53. The van der Waals surface area contributed by atoms with Gasteiger partial charge in [0, 0.05) is 24.0 Å². The predicted molar refractivity (Wildman–Crippen MR) is 108 cm³/mol. The van der Waals surface area contributed by atoms with Crippen LogP contribution in [0.2, 0.25) is 0 Å². The molecule has 1 aliphatic rings. The van der Waals surface area contributed by atoms with E-state index in [1.165, 1.54) is 18.4 Å². The van der Waals surface area contributed by atoms with Gasteiger partial charge < -0.3 is 15.8 Å². The third kappa shape index (κ3) is 5.00. The van der Waals surface area contributed by atoms with Crippen LogP contribution in [0.3, 0.4) is 0 Å². The second-order valence-electron chi connectivity index (χ2n) is 5.45. The Balaban J connectivity index is 0.00000169. The number of nitrogens with two attached hydrogens (primary N) is 1. The number of methoxy groups -OCH3 is 1. The average molecular weight is 419 g/mol. The van der Waals surface area contributed by atoms with E-state index in [1.54, 1.807) is 23.1 Å². The highest BCUT2D eigenvalue weighted by Gasteiger charge is 2.24. The van der Waals surface area contributed by atoms with Crippen LogP contribution in [0.1, 0.15) is 18.5 Å². The lowest BCUT2D eigenvalue weighted by Crippen LogP contribution is -2.23. The van der Waals surface area contributed by atoms with Crippen molar-refractivity contribution in [2.75, 3.05) is 29.6 Å². The summed E-state index contributed by atoms with van der Waals surface area (Å²) in [5.41, 5.74) is 7.53. The third-order valence-electron chi connectivity index (χ3n) is 3.70. The highest BCUT2D eigenvalue weighted by atomic mass is 35.5. The number of anilines is 3. The number of carbonyl (C=O) groups excluding carboxylic acids is 2. The molecule has 1 fully saturated rings. The van der Waals surface area contributed by atoms with Crippen molar-refractivity contribution in [2.24, 2.45) is 0 Å². The molecule has 2 aromatic rings. The van der Waals surface area contributed by atoms with Crippen LogP contribution >= 0.6 is 36.2 Å². The first-order valence-electron chi connectivity index (χ1n) is 7.55. The summed E-state index contributed by atoms with van der Waals surface area (Å²) in [5, 5.41) is 5.25. The number of halogens is 2. The van der Waals surface area contributed by atoms with Crippen LogP contribution in [-0.2, 0) is 16.0 Å². The summed E-state index contributed by atoms with van der Waals surface area (Å²) in [6.07, 6.45) is 1.56. The number of nitrogens with one attached hydrogen (secondary N) is 1. The number of nitrogen functional groups attached to an aromatic ring is 1. The zero-order valence-electron chi connectivity index (χ0n) is 14.1. The molecule has 2 amide bonds. The Labute approximate surface area is 167 Å². The number of rotatable bonds is 5. The Kier molecular flexibility index (Phi) is 8.13. The number of amides is 2. The van der Waals surface area contributed by atoms with E-state index in [2.05, 4.69) is 10.3 Å². The van der Waals surface area contributed by atoms with Crippen LogP contribution in [-0.4, -0.2) is 30.5 Å². The SMILES string of the molecule is COc1ccc(NC(=O)Cc2csc(N3CCCC3=O)n2)cc1N.Cl.Cl. The molecule has 0 unspecified atom stereocenters. The minimum atomic E-state index is -0.191. The van der Waals surface area contributed by atoms with Crippen LogP contribution in [0.25, 0.3) is 0 Å². The van der Waals surface area contributed by atoms with E-state index in [0.29, 0.717) is 40.9 Å². The zero-order valence-corrected chi connectivity index (χ0v) is 16.5. The van der Waals surface area contributed by atoms with Crippen molar-refractivity contribution in [1.82, 2.24) is 4.98 Å². The predicted octanol–water partition coefficient (Wildman–Crippen LogP) is 2.89. The number of hydrogen-bond acceptors (Lipinski definition) is 6. The highest BCUT2D eigenvalue weighted by molar-refractivity contribution is 7.14. The van der Waals surface area contributed by atoms with Gasteiger partial charge in [0.1, 0.15) is 5.75 Å². The van der Waals surface area contributed by atoms with Gasteiger partial charge in [0.25, 0.3) is 0 Å². The summed E-state index contributed by atoms with van der Waals surface area (Å²) in [4.78, 5) is 29.9. The largest absolute Gasteiger partial charge is 0.495 e. The summed E-state index contributed by atoms with van der Waals surface area (Å²) < 4.78 is 5.08. The Morgan fingerprint density at radius 3 is 2.81 bits per heavy atom. The van der Waals surface area contributed by atoms with Gasteiger partial charge >= 0.3 is 0 Å². The van der Waals surface area contributed by atoms with Crippen LogP contribution in [0.5, 0.6) is 5.75 Å². The number of hydrogen-bond donors (Lipinski definition) is 2. The van der Waals surface area contributed by atoms with Crippen molar-refractivity contribution >= 4 is 64.5 Å².